The fourth-order valence-electron chi connectivity index (χ4n) is 2.62. The van der Waals surface area contributed by atoms with Gasteiger partial charge in [-0.2, -0.15) is 5.26 Å². The molecule has 0 spiro atoms. The predicted molar refractivity (Wildman–Crippen MR) is 100 cm³/mol. The average Bonchev–Trinajstić information content (AvgIpc) is 2.99. The van der Waals surface area contributed by atoms with Crippen LogP contribution in [-0.4, -0.2) is 22.1 Å². The molecule has 1 atom stereocenters. The number of hydrogen-bond donors (Lipinski definition) is 2. The van der Waals surface area contributed by atoms with E-state index in [1.54, 1.807) is 31.2 Å². The van der Waals surface area contributed by atoms with E-state index in [4.69, 9.17) is 10.00 Å². The van der Waals surface area contributed by atoms with Crippen LogP contribution < -0.4 is 4.74 Å². The Morgan fingerprint density at radius 1 is 1.22 bits per heavy atom. The second-order valence-electron chi connectivity index (χ2n) is 6.19. The smallest absolute Gasteiger partial charge is 0.304 e. The number of fused-ring (bicyclic) bond motifs is 1. The van der Waals surface area contributed by atoms with E-state index in [1.165, 1.54) is 0 Å². The summed E-state index contributed by atoms with van der Waals surface area (Å²) < 4.78 is 5.52. The molecule has 2 aromatic carbocycles. The summed E-state index contributed by atoms with van der Waals surface area (Å²) in [5.41, 5.74) is 3.55. The maximum atomic E-state index is 12.2. The number of nitrogens with one attached hydrogen (secondary N) is 1. The fraction of sp³-hybridized carbons (Fsp3) is 0.200. The van der Waals surface area contributed by atoms with Crippen molar-refractivity contribution in [1.29, 1.82) is 5.26 Å². The molecule has 1 heterocycles. The minimum absolute atomic E-state index is 0.143. The van der Waals surface area contributed by atoms with Gasteiger partial charge in [0, 0.05) is 5.39 Å². The van der Waals surface area contributed by atoms with Crippen LogP contribution in [0.2, 0.25) is 0 Å². The van der Waals surface area contributed by atoms with E-state index in [0.29, 0.717) is 16.7 Å². The number of H-pyrrole nitrogens is 1. The quantitative estimate of drug-likeness (QED) is 0.668. The Labute approximate surface area is 155 Å². The van der Waals surface area contributed by atoms with Crippen LogP contribution in [0.1, 0.15) is 23.6 Å². The highest BCUT2D eigenvalue weighted by molar-refractivity contribution is 5.96. The van der Waals surface area contributed by atoms with Crippen LogP contribution in [-0.2, 0) is 4.79 Å². The zero-order valence-corrected chi connectivity index (χ0v) is 15.1. The lowest BCUT2D eigenvalue weighted by Crippen LogP contribution is -2.21. The Kier molecular flexibility index (Phi) is 4.90. The maximum Gasteiger partial charge on any atom is 0.304 e. The van der Waals surface area contributed by atoms with Crippen LogP contribution in [0.4, 0.5) is 5.69 Å². The first-order valence-corrected chi connectivity index (χ1v) is 8.34. The van der Waals surface area contributed by atoms with Gasteiger partial charge >= 0.3 is 5.91 Å². The third kappa shape index (κ3) is 3.65. The van der Waals surface area contributed by atoms with Gasteiger partial charge in [0.2, 0.25) is 5.88 Å². The third-order valence-corrected chi connectivity index (χ3v) is 4.35. The lowest BCUT2D eigenvalue weighted by atomic mass is 10.1. The number of ether oxygens (including phenoxy) is 1. The zero-order chi connectivity index (χ0) is 19.6. The molecule has 136 valence electrons. The first kappa shape index (κ1) is 18.1. The van der Waals surface area contributed by atoms with Crippen molar-refractivity contribution >= 4 is 22.5 Å². The molecule has 3 rings (SSSR count). The van der Waals surface area contributed by atoms with Crippen LogP contribution in [0.5, 0.6) is 11.6 Å². The highest BCUT2D eigenvalue weighted by atomic mass is 16.5. The molecule has 3 aromatic rings. The van der Waals surface area contributed by atoms with E-state index in [-0.39, 0.29) is 11.6 Å². The second-order valence-corrected chi connectivity index (χ2v) is 6.19. The predicted octanol–water partition coefficient (Wildman–Crippen LogP) is 4.44. The SMILES string of the molecule is Cc1ccc2c(N=NC(=O)C(C)Oc3ccc(C#N)cc3)c(O)[nH]c2c1C. The second kappa shape index (κ2) is 7.30. The van der Waals surface area contributed by atoms with Crippen molar-refractivity contribution in [2.45, 2.75) is 26.9 Å². The van der Waals surface area contributed by atoms with Gasteiger partial charge in [-0.05, 0) is 56.2 Å². The molecule has 1 unspecified atom stereocenters. The molecule has 7 nitrogen and oxygen atoms in total. The standard InChI is InChI=1S/C20H18N4O3/c1-11-4-9-16-17(12(11)2)22-20(26)18(16)23-24-19(25)13(3)27-15-7-5-14(10-21)6-8-15/h4-9,13,22,26H,1-3H3. The minimum atomic E-state index is -0.863. The van der Waals surface area contributed by atoms with Crippen molar-refractivity contribution in [2.24, 2.45) is 10.2 Å². The Morgan fingerprint density at radius 2 is 1.93 bits per heavy atom. The molecular weight excluding hydrogens is 344 g/mol. The number of carbonyl (C=O) groups excluding carboxylic acids is 1. The molecule has 0 saturated carbocycles. The van der Waals surface area contributed by atoms with Gasteiger partial charge in [0.25, 0.3) is 0 Å². The number of aromatic hydroxyl groups is 1. The van der Waals surface area contributed by atoms with Crippen molar-refractivity contribution in [3.63, 3.8) is 0 Å². The number of benzene rings is 2. The molecule has 27 heavy (non-hydrogen) atoms. The molecule has 1 amide bonds. The van der Waals surface area contributed by atoms with E-state index in [2.05, 4.69) is 15.2 Å². The summed E-state index contributed by atoms with van der Waals surface area (Å²) in [5.74, 6) is -0.279. The summed E-state index contributed by atoms with van der Waals surface area (Å²) in [4.78, 5) is 15.1. The highest BCUT2D eigenvalue weighted by Crippen LogP contribution is 2.37. The Morgan fingerprint density at radius 3 is 2.59 bits per heavy atom. The average molecular weight is 362 g/mol. The molecule has 0 aliphatic heterocycles. The van der Waals surface area contributed by atoms with Crippen LogP contribution in [0.3, 0.4) is 0 Å². The molecular formula is C20H18N4O3. The molecule has 0 fully saturated rings. The monoisotopic (exact) mass is 362 g/mol. The highest BCUT2D eigenvalue weighted by Gasteiger charge is 2.17. The van der Waals surface area contributed by atoms with Gasteiger partial charge < -0.3 is 14.8 Å². The zero-order valence-electron chi connectivity index (χ0n) is 15.1. The lowest BCUT2D eigenvalue weighted by molar-refractivity contribution is -0.124. The van der Waals surface area contributed by atoms with Crippen molar-refractivity contribution in [3.8, 4) is 17.7 Å². The number of carbonyl (C=O) groups is 1. The topological polar surface area (TPSA) is 111 Å². The van der Waals surface area contributed by atoms with Crippen LogP contribution in [0, 0.1) is 25.2 Å². The van der Waals surface area contributed by atoms with Crippen LogP contribution >= 0.6 is 0 Å². The van der Waals surface area contributed by atoms with E-state index in [0.717, 1.165) is 16.6 Å². The largest absolute Gasteiger partial charge is 0.493 e. The van der Waals surface area contributed by atoms with Crippen LogP contribution in [0.25, 0.3) is 10.9 Å². The number of aromatic nitrogens is 1. The van der Waals surface area contributed by atoms with Gasteiger partial charge in [-0.1, -0.05) is 12.1 Å². The number of amides is 1. The number of azo groups is 1. The number of nitriles is 1. The first-order chi connectivity index (χ1) is 12.9. The molecule has 1 aromatic heterocycles. The van der Waals surface area contributed by atoms with Crippen molar-refractivity contribution in [3.05, 3.63) is 53.1 Å². The number of nitrogens with zero attached hydrogens (tertiary/aromatic N) is 3. The van der Waals surface area contributed by atoms with E-state index in [1.807, 2.05) is 32.0 Å². The molecule has 7 heteroatoms. The van der Waals surface area contributed by atoms with Gasteiger partial charge in [0.1, 0.15) is 5.75 Å². The van der Waals surface area contributed by atoms with Gasteiger partial charge in [0.15, 0.2) is 11.8 Å². The van der Waals surface area contributed by atoms with Gasteiger partial charge in [-0.25, -0.2) is 0 Å². The summed E-state index contributed by atoms with van der Waals surface area (Å²) in [6.07, 6.45) is -0.863. The van der Waals surface area contributed by atoms with E-state index in [9.17, 15) is 9.90 Å². The lowest BCUT2D eigenvalue weighted by Gasteiger charge is -2.10. The normalized spacial score (nSPS) is 12.2. The Bertz CT molecular complexity index is 1080. The van der Waals surface area contributed by atoms with Crippen LogP contribution in [0.15, 0.2) is 46.6 Å². The van der Waals surface area contributed by atoms with Crippen molar-refractivity contribution in [2.75, 3.05) is 0 Å². The van der Waals surface area contributed by atoms with E-state index >= 15 is 0 Å². The number of rotatable bonds is 4. The summed E-state index contributed by atoms with van der Waals surface area (Å²) in [6.45, 7) is 5.47. The van der Waals surface area contributed by atoms with Crippen molar-refractivity contribution < 1.29 is 14.6 Å². The van der Waals surface area contributed by atoms with Crippen molar-refractivity contribution in [1.82, 2.24) is 4.98 Å². The number of aromatic amines is 1. The van der Waals surface area contributed by atoms with E-state index < -0.39 is 12.0 Å². The van der Waals surface area contributed by atoms with Gasteiger partial charge in [0.05, 0.1) is 17.1 Å². The Hall–Kier alpha value is -3.66. The molecule has 0 bridgehead atoms. The Balaban J connectivity index is 1.78. The molecule has 0 radical (unpaired) electrons. The fourth-order valence-corrected chi connectivity index (χ4v) is 2.62. The molecule has 0 aliphatic carbocycles. The number of hydrogen-bond acceptors (Lipinski definition) is 5. The van der Waals surface area contributed by atoms with Gasteiger partial charge in [-0.3, -0.25) is 4.79 Å². The summed E-state index contributed by atoms with van der Waals surface area (Å²) in [7, 11) is 0. The summed E-state index contributed by atoms with van der Waals surface area (Å²) in [6, 6.07) is 12.2. The molecule has 0 aliphatic rings. The summed E-state index contributed by atoms with van der Waals surface area (Å²) >= 11 is 0. The third-order valence-electron chi connectivity index (χ3n) is 4.35. The maximum absolute atomic E-state index is 12.2. The van der Waals surface area contributed by atoms with Gasteiger partial charge in [-0.15, -0.1) is 10.2 Å². The summed E-state index contributed by atoms with van der Waals surface area (Å²) in [5, 5.41) is 27.2. The molecule has 0 saturated heterocycles. The first-order valence-electron chi connectivity index (χ1n) is 8.34. The minimum Gasteiger partial charge on any atom is -0.493 e. The number of aryl methyl sites for hydroxylation is 2. The molecule has 2 N–H and O–H groups in total.